The minimum absolute atomic E-state index is 0.256. The molecule has 1 aromatic carbocycles. The number of rotatable bonds is 6. The van der Waals surface area contributed by atoms with Crippen molar-refractivity contribution >= 4 is 16.8 Å². The highest BCUT2D eigenvalue weighted by molar-refractivity contribution is 7.86. The predicted octanol–water partition coefficient (Wildman–Crippen LogP) is 2.96. The number of benzene rings is 1. The van der Waals surface area contributed by atoms with Gasteiger partial charge < -0.3 is 4.74 Å². The van der Waals surface area contributed by atoms with Gasteiger partial charge in [0.05, 0.1) is 12.5 Å². The van der Waals surface area contributed by atoms with E-state index in [-0.39, 0.29) is 16.6 Å². The van der Waals surface area contributed by atoms with E-state index in [2.05, 4.69) is 0 Å². The van der Waals surface area contributed by atoms with Gasteiger partial charge in [-0.05, 0) is 39.7 Å². The van der Waals surface area contributed by atoms with Crippen LogP contribution in [0.4, 0.5) is 0 Å². The summed E-state index contributed by atoms with van der Waals surface area (Å²) in [4.78, 5) is 12.1. The lowest BCUT2D eigenvalue weighted by Gasteiger charge is -2.22. The number of carbonyl (C=O) groups is 1. The van der Waals surface area contributed by atoms with E-state index in [1.54, 1.807) is 6.92 Å². The lowest BCUT2D eigenvalue weighted by Crippen LogP contribution is -2.32. The first-order valence-corrected chi connectivity index (χ1v) is 8.25. The second kappa shape index (κ2) is 7.58. The maximum Gasteiger partial charge on any atom is 0.310 e. The van der Waals surface area contributed by atoms with Crippen LogP contribution in [0.3, 0.4) is 0 Å². The van der Waals surface area contributed by atoms with Gasteiger partial charge in [0.2, 0.25) is 0 Å². The summed E-state index contributed by atoms with van der Waals surface area (Å²) >= 11 is 0. The number of carbonyl (C=O) groups excluding carboxylic acids is 1. The van der Waals surface area contributed by atoms with Gasteiger partial charge in [-0.1, -0.05) is 30.3 Å². The third-order valence-corrected chi connectivity index (χ3v) is 5.05. The molecule has 4 heteroatoms. The van der Waals surface area contributed by atoms with Crippen LogP contribution in [0.25, 0.3) is 0 Å². The van der Waals surface area contributed by atoms with E-state index in [1.165, 1.54) is 0 Å². The Morgan fingerprint density at radius 1 is 1.25 bits per heavy atom. The average Bonchev–Trinajstić information content (AvgIpc) is 2.38. The molecule has 0 aliphatic carbocycles. The highest BCUT2D eigenvalue weighted by Gasteiger charge is 2.28. The summed E-state index contributed by atoms with van der Waals surface area (Å²) in [6.07, 6.45) is 0.571. The molecule has 0 aliphatic rings. The van der Waals surface area contributed by atoms with Gasteiger partial charge >= 0.3 is 5.97 Å². The van der Waals surface area contributed by atoms with E-state index in [0.29, 0.717) is 18.8 Å². The van der Waals surface area contributed by atoms with Gasteiger partial charge in [-0.3, -0.25) is 9.00 Å². The molecule has 3 nitrogen and oxygen atoms in total. The highest BCUT2D eigenvalue weighted by Crippen LogP contribution is 2.18. The normalized spacial score (nSPS) is 14.6. The SMILES string of the molecule is CCOC(=O)[C@@H](Cc1ccccc1)C[S@@](=O)C(C)(C)C. The van der Waals surface area contributed by atoms with Crippen LogP contribution in [0.5, 0.6) is 0 Å². The van der Waals surface area contributed by atoms with Crippen molar-refractivity contribution in [3.8, 4) is 0 Å². The Balaban J connectivity index is 2.81. The second-order valence-corrected chi connectivity index (χ2v) is 8.01. The van der Waals surface area contributed by atoms with Crippen LogP contribution < -0.4 is 0 Å². The van der Waals surface area contributed by atoms with E-state index in [4.69, 9.17) is 4.74 Å². The maximum atomic E-state index is 12.3. The highest BCUT2D eigenvalue weighted by atomic mass is 32.2. The van der Waals surface area contributed by atoms with Crippen LogP contribution in [-0.2, 0) is 26.8 Å². The fraction of sp³-hybridized carbons (Fsp3) is 0.562. The smallest absolute Gasteiger partial charge is 0.310 e. The van der Waals surface area contributed by atoms with Gasteiger partial charge in [0.15, 0.2) is 0 Å². The molecule has 0 amide bonds. The summed E-state index contributed by atoms with van der Waals surface area (Å²) in [5.41, 5.74) is 1.07. The third kappa shape index (κ3) is 5.45. The third-order valence-electron chi connectivity index (χ3n) is 2.98. The molecule has 20 heavy (non-hydrogen) atoms. The van der Waals surface area contributed by atoms with Gasteiger partial charge in [0.1, 0.15) is 0 Å². The standard InChI is InChI=1S/C16H24O3S/c1-5-19-15(17)14(12-20(18)16(2,3)4)11-13-9-7-6-8-10-13/h6-10,14H,5,11-12H2,1-4H3/t14-,20+/m0/s1. The summed E-state index contributed by atoms with van der Waals surface area (Å²) in [5, 5.41) is 0. The van der Waals surface area contributed by atoms with Crippen LogP contribution in [-0.4, -0.2) is 27.3 Å². The fourth-order valence-corrected chi connectivity index (χ4v) is 2.92. The molecule has 2 atom stereocenters. The second-order valence-electron chi connectivity index (χ2n) is 5.76. The molecule has 0 saturated heterocycles. The van der Waals surface area contributed by atoms with E-state index in [1.807, 2.05) is 51.1 Å². The molecule has 1 aromatic rings. The molecule has 112 valence electrons. The molecule has 1 rings (SSSR count). The van der Waals surface area contributed by atoms with Crippen molar-refractivity contribution in [3.63, 3.8) is 0 Å². The maximum absolute atomic E-state index is 12.3. The monoisotopic (exact) mass is 296 g/mol. The molecule has 0 unspecified atom stereocenters. The van der Waals surface area contributed by atoms with Gasteiger partial charge in [-0.25, -0.2) is 0 Å². The van der Waals surface area contributed by atoms with Crippen molar-refractivity contribution in [2.45, 2.75) is 38.9 Å². The van der Waals surface area contributed by atoms with Crippen molar-refractivity contribution in [1.82, 2.24) is 0 Å². The van der Waals surface area contributed by atoms with E-state index in [0.717, 1.165) is 5.56 Å². The minimum Gasteiger partial charge on any atom is -0.466 e. The Labute approximate surface area is 124 Å². The Hall–Kier alpha value is -1.16. The number of hydrogen-bond donors (Lipinski definition) is 0. The summed E-state index contributed by atoms with van der Waals surface area (Å²) in [5.74, 6) is -0.261. The molecule has 0 aromatic heterocycles. The average molecular weight is 296 g/mol. The first-order valence-electron chi connectivity index (χ1n) is 6.93. The Kier molecular flexibility index (Phi) is 6.40. The topological polar surface area (TPSA) is 43.4 Å². The zero-order chi connectivity index (χ0) is 15.2. The molecule has 0 spiro atoms. The fourth-order valence-electron chi connectivity index (χ4n) is 1.80. The van der Waals surface area contributed by atoms with Crippen LogP contribution in [0, 0.1) is 5.92 Å². The predicted molar refractivity (Wildman–Crippen MR) is 83.0 cm³/mol. The summed E-state index contributed by atoms with van der Waals surface area (Å²) in [7, 11) is -1.07. The molecule has 0 bridgehead atoms. The lowest BCUT2D eigenvalue weighted by molar-refractivity contribution is -0.147. The van der Waals surface area contributed by atoms with E-state index in [9.17, 15) is 9.00 Å². The Morgan fingerprint density at radius 2 is 1.85 bits per heavy atom. The molecule has 0 fully saturated rings. The van der Waals surface area contributed by atoms with Crippen molar-refractivity contribution in [2.75, 3.05) is 12.4 Å². The van der Waals surface area contributed by atoms with Gasteiger partial charge in [-0.2, -0.15) is 0 Å². The van der Waals surface area contributed by atoms with Crippen molar-refractivity contribution in [3.05, 3.63) is 35.9 Å². The first kappa shape index (κ1) is 16.9. The van der Waals surface area contributed by atoms with Gasteiger partial charge in [0.25, 0.3) is 0 Å². The largest absolute Gasteiger partial charge is 0.466 e. The molecule has 0 radical (unpaired) electrons. The minimum atomic E-state index is -1.07. The molecule has 0 heterocycles. The summed E-state index contributed by atoms with van der Waals surface area (Å²) in [6, 6.07) is 9.78. The van der Waals surface area contributed by atoms with Crippen molar-refractivity contribution < 1.29 is 13.7 Å². The van der Waals surface area contributed by atoms with Crippen LogP contribution in [0.2, 0.25) is 0 Å². The molecular formula is C16H24O3S. The number of esters is 1. The van der Waals surface area contributed by atoms with Crippen LogP contribution in [0.1, 0.15) is 33.3 Å². The molecular weight excluding hydrogens is 272 g/mol. The van der Waals surface area contributed by atoms with Crippen LogP contribution >= 0.6 is 0 Å². The van der Waals surface area contributed by atoms with E-state index >= 15 is 0 Å². The number of hydrogen-bond acceptors (Lipinski definition) is 3. The zero-order valence-corrected chi connectivity index (χ0v) is 13.5. The molecule has 0 N–H and O–H groups in total. The summed E-state index contributed by atoms with van der Waals surface area (Å²) in [6.45, 7) is 7.92. The molecule has 0 aliphatic heterocycles. The number of ether oxygens (including phenoxy) is 1. The Morgan fingerprint density at radius 3 is 2.35 bits per heavy atom. The van der Waals surface area contributed by atoms with Crippen molar-refractivity contribution in [1.29, 1.82) is 0 Å². The van der Waals surface area contributed by atoms with Crippen molar-refractivity contribution in [2.24, 2.45) is 5.92 Å². The van der Waals surface area contributed by atoms with Gasteiger partial charge in [-0.15, -0.1) is 0 Å². The van der Waals surface area contributed by atoms with Crippen LogP contribution in [0.15, 0.2) is 30.3 Å². The Bertz CT molecular complexity index is 449. The molecule has 0 saturated carbocycles. The van der Waals surface area contributed by atoms with Gasteiger partial charge in [0, 0.05) is 21.3 Å². The lowest BCUT2D eigenvalue weighted by atomic mass is 10.0. The quantitative estimate of drug-likeness (QED) is 0.758. The zero-order valence-electron chi connectivity index (χ0n) is 12.7. The first-order chi connectivity index (χ1) is 9.34. The van der Waals surface area contributed by atoms with E-state index < -0.39 is 10.8 Å². The summed E-state index contributed by atoms with van der Waals surface area (Å²) < 4.78 is 17.1.